The summed E-state index contributed by atoms with van der Waals surface area (Å²) in [6.45, 7) is 2.03. The number of nitrogens with zero attached hydrogens (tertiary/aromatic N) is 6. The number of amides is 1. The molecule has 3 heterocycles. The van der Waals surface area contributed by atoms with Crippen LogP contribution in [0.25, 0.3) is 31.7 Å². The highest BCUT2D eigenvalue weighted by atomic mass is 35.5. The van der Waals surface area contributed by atoms with E-state index in [0.717, 1.165) is 44.0 Å². The molecule has 0 saturated carbocycles. The number of carbonyl (C=O) groups is 2. The summed E-state index contributed by atoms with van der Waals surface area (Å²) in [5, 5.41) is 47.5. The van der Waals surface area contributed by atoms with E-state index in [9.17, 15) is 23.1 Å². The van der Waals surface area contributed by atoms with Gasteiger partial charge in [0.15, 0.2) is 38.1 Å². The molecule has 9 N–H and O–H groups in total. The summed E-state index contributed by atoms with van der Waals surface area (Å²) < 4.78 is 65.4. The molecule has 0 saturated heterocycles. The summed E-state index contributed by atoms with van der Waals surface area (Å²) in [6, 6.07) is 48.5. The predicted molar refractivity (Wildman–Crippen MR) is 450 cm³/mol. The van der Waals surface area contributed by atoms with Gasteiger partial charge in [-0.15, -0.1) is 25.5 Å². The summed E-state index contributed by atoms with van der Waals surface area (Å²) >= 11 is 64.6. The Morgan fingerprint density at radius 2 is 0.830 bits per heavy atom. The van der Waals surface area contributed by atoms with Crippen LogP contribution in [-0.4, -0.2) is 114 Å². The Balaban J connectivity index is 0.000000688. The van der Waals surface area contributed by atoms with Gasteiger partial charge in [-0.3, -0.25) is 14.9 Å². The number of hydrazine groups is 1. The molecule has 0 radical (unpaired) electrons. The van der Waals surface area contributed by atoms with Crippen molar-refractivity contribution in [2.45, 2.75) is 23.0 Å². The van der Waals surface area contributed by atoms with E-state index < -0.39 is 21.7 Å². The van der Waals surface area contributed by atoms with Crippen LogP contribution < -0.4 is 44.4 Å². The van der Waals surface area contributed by atoms with Gasteiger partial charge in [0, 0.05) is 31.4 Å². The zero-order valence-electron chi connectivity index (χ0n) is 58.2. The second-order valence-electron chi connectivity index (χ2n) is 20.4. The summed E-state index contributed by atoms with van der Waals surface area (Å²) in [6.07, 6.45) is 3.03. The van der Waals surface area contributed by atoms with Crippen molar-refractivity contribution < 1.29 is 79.1 Å². The molecule has 0 spiro atoms. The van der Waals surface area contributed by atoms with Crippen LogP contribution in [0.1, 0.15) is 37.9 Å². The minimum absolute atomic E-state index is 0. The van der Waals surface area contributed by atoms with Crippen molar-refractivity contribution in [3.8, 4) is 100 Å². The van der Waals surface area contributed by atoms with Gasteiger partial charge in [-0.2, -0.15) is 0 Å². The van der Waals surface area contributed by atoms with E-state index in [-0.39, 0.29) is 72.0 Å². The van der Waals surface area contributed by atoms with Crippen molar-refractivity contribution in [1.29, 1.82) is 11.1 Å². The zero-order valence-corrected chi connectivity index (χ0v) is 69.8. The predicted octanol–water partition coefficient (Wildman–Crippen LogP) is 23.0. The largest absolute Gasteiger partial charge is 0.508 e. The van der Waals surface area contributed by atoms with Crippen LogP contribution in [0.15, 0.2) is 179 Å². The number of halogens is 11. The molecule has 3 aromatic heterocycles. The quantitative estimate of drug-likeness (QED) is 0.0116. The number of benzene rings is 9. The molecular formula is C71H69Cl10FN10O15S5. The Hall–Kier alpha value is -8.55. The van der Waals surface area contributed by atoms with Crippen LogP contribution in [0.5, 0.6) is 68.4 Å². The van der Waals surface area contributed by atoms with Gasteiger partial charge < -0.3 is 53.6 Å². The van der Waals surface area contributed by atoms with E-state index in [1.165, 1.54) is 75.4 Å². The first-order valence-corrected chi connectivity index (χ1v) is 39.5. The summed E-state index contributed by atoms with van der Waals surface area (Å²) in [5.41, 5.74) is 14.6. The topological polar surface area (TPSA) is 377 Å². The maximum atomic E-state index is 11.4. The van der Waals surface area contributed by atoms with Gasteiger partial charge in [-0.1, -0.05) is 211 Å². The number of phenolic OH excluding ortho intramolecular Hbond substituents is 2. The lowest BCUT2D eigenvalue weighted by Gasteiger charge is -2.07. The number of rotatable bonds is 18. The molecular weight excluding hydrogens is 1770 g/mol. The fourth-order valence-electron chi connectivity index (χ4n) is 8.20. The van der Waals surface area contributed by atoms with Crippen LogP contribution in [0.2, 0.25) is 50.2 Å². The second-order valence-corrected chi connectivity index (χ2v) is 30.6. The number of methoxy groups -OCH3 is 4. The van der Waals surface area contributed by atoms with Crippen molar-refractivity contribution >= 4 is 183 Å². The van der Waals surface area contributed by atoms with E-state index in [4.69, 9.17) is 176 Å². The molecule has 25 nitrogen and oxygen atoms in total. The molecule has 0 aliphatic carbocycles. The number of phenols is 2. The van der Waals surface area contributed by atoms with Crippen molar-refractivity contribution in [3.63, 3.8) is 0 Å². The molecule has 41 heteroatoms. The lowest BCUT2D eigenvalue weighted by atomic mass is 10.2. The van der Waals surface area contributed by atoms with Gasteiger partial charge in [-0.25, -0.2) is 30.1 Å². The number of aromatic hydroxyl groups is 2. The summed E-state index contributed by atoms with van der Waals surface area (Å²) in [7, 11) is 2.52. The molecule has 12 rings (SSSR count). The molecule has 0 atom stereocenters. The first kappa shape index (κ1) is 97.6. The van der Waals surface area contributed by atoms with E-state index in [1.54, 1.807) is 91.5 Å². The van der Waals surface area contributed by atoms with Crippen LogP contribution in [0, 0.1) is 11.1 Å². The van der Waals surface area contributed by atoms with Gasteiger partial charge in [0.2, 0.25) is 14.2 Å². The lowest BCUT2D eigenvalue weighted by molar-refractivity contribution is 0.0526. The average Bonchev–Trinajstić information content (AvgIpc) is 1.58. The Labute approximate surface area is 711 Å². The molecule has 0 aliphatic rings. The molecule has 0 unspecified atom stereocenters. The Bertz CT molecular complexity index is 5040. The molecule has 9 aromatic carbocycles. The third kappa shape index (κ3) is 29.1. The number of aromatic nitrogens is 6. The highest BCUT2D eigenvalue weighted by Gasteiger charge is 2.20. The molecule has 0 aliphatic heterocycles. The van der Waals surface area contributed by atoms with Gasteiger partial charge in [0.05, 0.1) is 90.8 Å². The molecule has 0 bridgehead atoms. The van der Waals surface area contributed by atoms with Crippen LogP contribution >= 0.6 is 162 Å². The summed E-state index contributed by atoms with van der Waals surface area (Å²) in [5.74, 6) is 9.22. The molecule has 600 valence electrons. The first-order chi connectivity index (χ1) is 52.1. The Morgan fingerprint density at radius 3 is 1.19 bits per heavy atom. The van der Waals surface area contributed by atoms with Gasteiger partial charge in [-0.05, 0) is 147 Å². The molecule has 112 heavy (non-hydrogen) atoms. The SMILES string of the molecule is C.CCOC(=O)c1cc(Cl)c(OC)c(Cl)c1.COc1c(Cl)cc(-c2nnc(S(C)(=O)=O)s2)cc1Cl.COc1c(Cl)cc(-c2nnc(SC)s2)cc1Cl.COc1c(Cl)cc(C(=O)NN)cc1Cl.F.N=N.O.Oc1c(Cl)cc(-c2nnc(Oc3ccc(Oc4ccccc4)cc3)s2)cc1Cl.Oc1ccc(Oc2ccccc2)cc1.[2HH].[HH]. The van der Waals surface area contributed by atoms with Crippen molar-refractivity contribution in [1.82, 2.24) is 36.0 Å². The van der Waals surface area contributed by atoms with Crippen LogP contribution in [-0.2, 0) is 14.6 Å². The number of para-hydroxylation sites is 2. The molecule has 12 aromatic rings. The number of hydrogen-bond donors (Lipinski definition) is 6. The van der Waals surface area contributed by atoms with Crippen molar-refractivity contribution in [2.75, 3.05) is 47.6 Å². The second kappa shape index (κ2) is 48.5. The Kier molecular flexibility index (Phi) is 42.3. The van der Waals surface area contributed by atoms with Crippen molar-refractivity contribution in [2.24, 2.45) is 5.84 Å². The number of sulfone groups is 1. The van der Waals surface area contributed by atoms with Crippen LogP contribution in [0.4, 0.5) is 4.70 Å². The third-order valence-corrected chi connectivity index (χ3v) is 21.3. The Morgan fingerprint density at radius 1 is 0.500 bits per heavy atom. The maximum absolute atomic E-state index is 11.4. The monoisotopic (exact) mass is 1830 g/mol. The fourth-order valence-corrected chi connectivity index (χ4v) is 14.8. The average molecular weight is 1840 g/mol. The van der Waals surface area contributed by atoms with E-state index in [0.29, 0.717) is 98.8 Å². The number of nitrogen functional groups attached to an aromatic ring is 1. The third-order valence-electron chi connectivity index (χ3n) is 13.0. The van der Waals surface area contributed by atoms with Gasteiger partial charge in [0.25, 0.3) is 11.1 Å². The smallest absolute Gasteiger partial charge is 0.338 e. The first-order valence-electron chi connectivity index (χ1n) is 30.1. The number of carbonyl (C=O) groups excluding carboxylic acids is 2. The number of hydrogen-bond acceptors (Lipinski definition) is 27. The highest BCUT2D eigenvalue weighted by molar-refractivity contribution is 8.00. The van der Waals surface area contributed by atoms with Crippen LogP contribution in [0.3, 0.4) is 0 Å². The summed E-state index contributed by atoms with van der Waals surface area (Å²) in [4.78, 5) is 22.5. The number of esters is 1. The minimum atomic E-state index is -3.37. The number of thioether (sulfide) groups is 1. The maximum Gasteiger partial charge on any atom is 0.338 e. The van der Waals surface area contributed by atoms with E-state index in [2.05, 4.69) is 30.6 Å². The van der Waals surface area contributed by atoms with Gasteiger partial charge in [0.1, 0.15) is 44.5 Å². The molecule has 0 fully saturated rings. The number of ether oxygens (including phenoxy) is 8. The van der Waals surface area contributed by atoms with Crippen molar-refractivity contribution in [3.05, 3.63) is 231 Å². The number of nitrogens with one attached hydrogen (secondary N) is 3. The standard InChI is InChI=1S/C20H12Cl2N2O3S.C12H10O2.C10H8Cl2N2O3S2.C10H8Cl2N2OS2.C10H10Cl2O3.C8H8Cl2N2O2.CH4.FH.H2N2.H2O.2H2/c21-16-10-12(11-17(22)18(16)25)19-23-24-20(28-19)27-15-8-6-14(7-9-15)26-13-4-2-1-3-5-13;13-10-6-8-12(9-7-10)14-11-4-2-1-3-5-11;1-17-8-6(11)3-5(4-7(8)12)9-13-14-10(18-9)19(2,15)16;1-15-8-6(11)3-5(4-7(8)12)9-13-14-10(16-2)17-9;1-3-15-10(13)6-4-7(11)9(14-2)8(12)5-6;1-14-7-5(9)2-4(3-6(7)10)8(13)12-11;;;1-2;;;/h1-11,25H;1-9,13H;3-4H,1-2H3;3-4H,1-2H3;4-5H,3H2,1-2H3;2-3H,11H2,1H3,(H,12,13);1H4;1H;1-2H;1H2;2*1H/i;;;;;;;;;;1+1;. The van der Waals surface area contributed by atoms with E-state index in [1.807, 2.05) is 84.5 Å². The lowest BCUT2D eigenvalue weighted by Crippen LogP contribution is -2.29. The fraction of sp³-hybridized carbons (Fsp3) is 0.127. The van der Waals surface area contributed by atoms with Gasteiger partial charge >= 0.3 is 5.97 Å². The number of nitrogens with two attached hydrogens (primary N) is 1. The normalized spacial score (nSPS) is 10.0. The zero-order chi connectivity index (χ0) is 80.1. The highest BCUT2D eigenvalue weighted by Crippen LogP contribution is 2.43. The molecule has 1 amide bonds. The minimum Gasteiger partial charge on any atom is -0.508 e. The van der Waals surface area contributed by atoms with E-state index >= 15 is 0 Å².